The Bertz CT molecular complexity index is 300. The zero-order valence-electron chi connectivity index (χ0n) is 11.8. The Kier molecular flexibility index (Phi) is 6.62. The predicted molar refractivity (Wildman–Crippen MR) is 73.1 cm³/mol. The molecule has 0 spiro atoms. The molecule has 0 aromatic carbocycles. The predicted octanol–water partition coefficient (Wildman–Crippen LogP) is 0.881. The normalized spacial score (nSPS) is 23.1. The molecule has 0 heterocycles. The van der Waals surface area contributed by atoms with Gasteiger partial charge in [0.1, 0.15) is 0 Å². The summed E-state index contributed by atoms with van der Waals surface area (Å²) in [6.07, 6.45) is 3.73. The van der Waals surface area contributed by atoms with Gasteiger partial charge >= 0.3 is 12.0 Å². The highest BCUT2D eigenvalue weighted by Gasteiger charge is 2.26. The molecule has 0 aromatic rings. The quantitative estimate of drug-likeness (QED) is 0.626. The molecule has 0 atom stereocenters. The van der Waals surface area contributed by atoms with E-state index in [0.717, 1.165) is 25.8 Å². The minimum Gasteiger partial charge on any atom is -0.481 e. The molecule has 0 aromatic heterocycles. The number of rotatable bonds is 6. The van der Waals surface area contributed by atoms with Crippen molar-refractivity contribution in [3.63, 3.8) is 0 Å². The van der Waals surface area contributed by atoms with Gasteiger partial charge in [-0.2, -0.15) is 0 Å². The summed E-state index contributed by atoms with van der Waals surface area (Å²) in [5.41, 5.74) is 0. The Morgan fingerprint density at radius 2 is 1.84 bits per heavy atom. The largest absolute Gasteiger partial charge is 0.481 e. The highest BCUT2D eigenvalue weighted by molar-refractivity contribution is 5.74. The van der Waals surface area contributed by atoms with Crippen molar-refractivity contribution in [3.8, 4) is 0 Å². The lowest BCUT2D eigenvalue weighted by Gasteiger charge is -2.26. The molecular weight excluding hydrogens is 246 g/mol. The maximum absolute atomic E-state index is 11.6. The van der Waals surface area contributed by atoms with Gasteiger partial charge in [0.2, 0.25) is 0 Å². The van der Waals surface area contributed by atoms with Crippen LogP contribution in [0.5, 0.6) is 0 Å². The summed E-state index contributed by atoms with van der Waals surface area (Å²) < 4.78 is 0. The maximum Gasteiger partial charge on any atom is 0.315 e. The van der Waals surface area contributed by atoms with Crippen LogP contribution in [0.2, 0.25) is 0 Å². The number of nitrogens with zero attached hydrogens (tertiary/aromatic N) is 1. The summed E-state index contributed by atoms with van der Waals surface area (Å²) in [6.45, 7) is 1.61. The van der Waals surface area contributed by atoms with Crippen molar-refractivity contribution in [2.75, 3.05) is 27.2 Å². The van der Waals surface area contributed by atoms with Crippen molar-refractivity contribution in [2.24, 2.45) is 5.92 Å². The van der Waals surface area contributed by atoms with Crippen LogP contribution in [0, 0.1) is 5.92 Å². The average molecular weight is 271 g/mol. The summed E-state index contributed by atoms with van der Waals surface area (Å²) in [5.74, 6) is -0.951. The van der Waals surface area contributed by atoms with E-state index in [1.165, 1.54) is 0 Å². The van der Waals surface area contributed by atoms with Gasteiger partial charge in [-0.3, -0.25) is 4.79 Å². The fourth-order valence-electron chi connectivity index (χ4n) is 2.32. The minimum absolute atomic E-state index is 0.115. The van der Waals surface area contributed by atoms with E-state index < -0.39 is 5.97 Å². The molecule has 19 heavy (non-hydrogen) atoms. The summed E-state index contributed by atoms with van der Waals surface area (Å²) in [4.78, 5) is 24.5. The zero-order chi connectivity index (χ0) is 14.3. The summed E-state index contributed by atoms with van der Waals surface area (Å²) >= 11 is 0. The molecule has 0 radical (unpaired) electrons. The molecule has 3 N–H and O–H groups in total. The van der Waals surface area contributed by atoms with Crippen molar-refractivity contribution < 1.29 is 14.7 Å². The number of urea groups is 1. The van der Waals surface area contributed by atoms with Gasteiger partial charge in [0.05, 0.1) is 5.92 Å². The molecular formula is C13H25N3O3. The first-order chi connectivity index (χ1) is 8.99. The van der Waals surface area contributed by atoms with Crippen LogP contribution in [0.4, 0.5) is 4.79 Å². The van der Waals surface area contributed by atoms with E-state index in [9.17, 15) is 9.59 Å². The molecule has 0 unspecified atom stereocenters. The van der Waals surface area contributed by atoms with Crippen LogP contribution in [0.25, 0.3) is 0 Å². The van der Waals surface area contributed by atoms with E-state index in [2.05, 4.69) is 15.5 Å². The van der Waals surface area contributed by atoms with Crippen LogP contribution >= 0.6 is 0 Å². The number of nitrogens with one attached hydrogen (secondary N) is 2. The van der Waals surface area contributed by atoms with Gasteiger partial charge in [0, 0.05) is 12.6 Å². The molecule has 2 amide bonds. The Balaban J connectivity index is 2.11. The number of hydrogen-bond acceptors (Lipinski definition) is 3. The van der Waals surface area contributed by atoms with Crippen molar-refractivity contribution in [2.45, 2.75) is 38.1 Å². The van der Waals surface area contributed by atoms with Crippen LogP contribution in [-0.2, 0) is 4.79 Å². The second-order valence-corrected chi connectivity index (χ2v) is 5.44. The van der Waals surface area contributed by atoms with Crippen molar-refractivity contribution >= 4 is 12.0 Å². The molecule has 1 aliphatic carbocycles. The second-order valence-electron chi connectivity index (χ2n) is 5.44. The van der Waals surface area contributed by atoms with E-state index in [4.69, 9.17) is 5.11 Å². The number of hydrogen-bond donors (Lipinski definition) is 3. The first kappa shape index (κ1) is 15.8. The maximum atomic E-state index is 11.6. The Labute approximate surface area is 114 Å². The Hall–Kier alpha value is -1.30. The summed E-state index contributed by atoms with van der Waals surface area (Å²) in [6, 6.07) is -0.0259. The van der Waals surface area contributed by atoms with E-state index >= 15 is 0 Å². The number of carboxylic acid groups (broad SMARTS) is 1. The first-order valence-corrected chi connectivity index (χ1v) is 6.91. The van der Waals surface area contributed by atoms with Crippen LogP contribution in [0.1, 0.15) is 32.1 Å². The molecule has 6 nitrogen and oxygen atoms in total. The minimum atomic E-state index is -0.716. The highest BCUT2D eigenvalue weighted by Crippen LogP contribution is 2.24. The van der Waals surface area contributed by atoms with Gasteiger partial charge in [-0.05, 0) is 52.7 Å². The molecule has 0 saturated heterocycles. The van der Waals surface area contributed by atoms with Crippen molar-refractivity contribution in [3.05, 3.63) is 0 Å². The summed E-state index contributed by atoms with van der Waals surface area (Å²) in [7, 11) is 4.00. The molecule has 6 heteroatoms. The lowest BCUT2D eigenvalue weighted by Crippen LogP contribution is -2.44. The zero-order valence-corrected chi connectivity index (χ0v) is 11.8. The van der Waals surface area contributed by atoms with Crippen molar-refractivity contribution in [1.29, 1.82) is 0 Å². The van der Waals surface area contributed by atoms with E-state index in [1.54, 1.807) is 0 Å². The SMILES string of the molecule is CN(C)CCCNC(=O)NC1CCC(C(=O)O)CC1. The lowest BCUT2D eigenvalue weighted by atomic mass is 9.86. The highest BCUT2D eigenvalue weighted by atomic mass is 16.4. The van der Waals surface area contributed by atoms with Gasteiger partial charge in [-0.25, -0.2) is 4.79 Å². The summed E-state index contributed by atoms with van der Waals surface area (Å²) in [5, 5.41) is 14.6. The van der Waals surface area contributed by atoms with Gasteiger partial charge < -0.3 is 20.6 Å². The smallest absolute Gasteiger partial charge is 0.315 e. The number of carbonyl (C=O) groups excluding carboxylic acids is 1. The molecule has 0 aliphatic heterocycles. The van der Waals surface area contributed by atoms with Crippen LogP contribution in [0.3, 0.4) is 0 Å². The first-order valence-electron chi connectivity index (χ1n) is 6.91. The second kappa shape index (κ2) is 7.99. The molecule has 1 saturated carbocycles. The fourth-order valence-corrected chi connectivity index (χ4v) is 2.32. The molecule has 1 fully saturated rings. The number of aliphatic carboxylic acids is 1. The fraction of sp³-hybridized carbons (Fsp3) is 0.846. The lowest BCUT2D eigenvalue weighted by molar-refractivity contribution is -0.142. The van der Waals surface area contributed by atoms with Gasteiger partial charge in [-0.15, -0.1) is 0 Å². The van der Waals surface area contributed by atoms with Crippen LogP contribution < -0.4 is 10.6 Å². The van der Waals surface area contributed by atoms with Gasteiger partial charge in [0.15, 0.2) is 0 Å². The monoisotopic (exact) mass is 271 g/mol. The molecule has 1 aliphatic rings. The number of carboxylic acids is 1. The molecule has 110 valence electrons. The molecule has 0 bridgehead atoms. The van der Waals surface area contributed by atoms with Gasteiger partial charge in [-0.1, -0.05) is 0 Å². The Morgan fingerprint density at radius 3 is 2.37 bits per heavy atom. The third-order valence-corrected chi connectivity index (χ3v) is 3.48. The van der Waals surface area contributed by atoms with Crippen molar-refractivity contribution in [1.82, 2.24) is 15.5 Å². The van der Waals surface area contributed by atoms with Crippen LogP contribution in [0.15, 0.2) is 0 Å². The van der Waals surface area contributed by atoms with E-state index in [0.29, 0.717) is 19.4 Å². The third kappa shape index (κ3) is 6.42. The number of amides is 2. The number of carbonyl (C=O) groups is 2. The van der Waals surface area contributed by atoms with Gasteiger partial charge in [0.25, 0.3) is 0 Å². The van der Waals surface area contributed by atoms with E-state index in [1.807, 2.05) is 14.1 Å². The average Bonchev–Trinajstić information content (AvgIpc) is 2.35. The third-order valence-electron chi connectivity index (χ3n) is 3.48. The van der Waals surface area contributed by atoms with E-state index in [-0.39, 0.29) is 18.0 Å². The molecule has 1 rings (SSSR count). The topological polar surface area (TPSA) is 81.7 Å². The Morgan fingerprint density at radius 1 is 1.21 bits per heavy atom. The van der Waals surface area contributed by atoms with Crippen LogP contribution in [-0.4, -0.2) is 55.2 Å². The standard InChI is InChI=1S/C13H25N3O3/c1-16(2)9-3-8-14-13(19)15-11-6-4-10(5-7-11)12(17)18/h10-11H,3-9H2,1-2H3,(H,17,18)(H2,14,15,19).